The van der Waals surface area contributed by atoms with Gasteiger partial charge in [0.25, 0.3) is 5.91 Å². The Morgan fingerprint density at radius 1 is 1.14 bits per heavy atom. The highest BCUT2D eigenvalue weighted by Gasteiger charge is 2.25. The molecule has 2 amide bonds. The van der Waals surface area contributed by atoms with E-state index in [1.807, 2.05) is 6.07 Å². The van der Waals surface area contributed by atoms with E-state index < -0.39 is 5.91 Å². The van der Waals surface area contributed by atoms with Gasteiger partial charge in [-0.15, -0.1) is 5.10 Å². The van der Waals surface area contributed by atoms with Gasteiger partial charge in [0, 0.05) is 13.0 Å². The van der Waals surface area contributed by atoms with Crippen LogP contribution in [0.1, 0.15) is 29.3 Å². The van der Waals surface area contributed by atoms with E-state index in [-0.39, 0.29) is 17.5 Å². The van der Waals surface area contributed by atoms with Gasteiger partial charge in [-0.2, -0.15) is 0 Å². The summed E-state index contributed by atoms with van der Waals surface area (Å²) < 4.78 is 14.6. The monoisotopic (exact) mass is 379 g/mol. The Kier molecular flexibility index (Phi) is 4.60. The molecule has 1 N–H and O–H groups in total. The van der Waals surface area contributed by atoms with E-state index in [9.17, 15) is 14.0 Å². The minimum atomic E-state index is -0.483. The largest absolute Gasteiger partial charge is 0.317 e. The fraction of sp³-hybridized carbons (Fsp3) is 0.200. The minimum Gasteiger partial charge on any atom is -0.317 e. The van der Waals surface area contributed by atoms with Crippen LogP contribution in [0.15, 0.2) is 48.5 Å². The van der Waals surface area contributed by atoms with Gasteiger partial charge in [-0.3, -0.25) is 9.59 Å². The molecule has 1 fully saturated rings. The molecule has 8 heteroatoms. The molecule has 1 aliphatic rings. The third-order valence-electron chi connectivity index (χ3n) is 4.56. The van der Waals surface area contributed by atoms with Gasteiger partial charge in [0.15, 0.2) is 0 Å². The second-order valence-electron chi connectivity index (χ2n) is 6.49. The third kappa shape index (κ3) is 3.36. The lowest BCUT2D eigenvalue weighted by Gasteiger charge is -2.19. The second-order valence-corrected chi connectivity index (χ2v) is 6.49. The van der Waals surface area contributed by atoms with Crippen molar-refractivity contribution in [3.63, 3.8) is 0 Å². The summed E-state index contributed by atoms with van der Waals surface area (Å²) in [5, 5.41) is 7.03. The Morgan fingerprint density at radius 2 is 1.89 bits per heavy atom. The minimum absolute atomic E-state index is 0.00984. The number of amides is 2. The number of hydrogen-bond donors (Lipinski definition) is 1. The molecule has 2 aromatic carbocycles. The zero-order valence-corrected chi connectivity index (χ0v) is 15.2. The predicted octanol–water partition coefficient (Wildman–Crippen LogP) is 3.09. The number of benzene rings is 2. The molecule has 0 aliphatic carbocycles. The van der Waals surface area contributed by atoms with Crippen molar-refractivity contribution in [3.8, 4) is 5.69 Å². The Labute approximate surface area is 160 Å². The number of carbonyl (C=O) groups is 2. The van der Waals surface area contributed by atoms with Gasteiger partial charge in [0.05, 0.1) is 17.1 Å². The van der Waals surface area contributed by atoms with Gasteiger partial charge in [0.2, 0.25) is 11.7 Å². The lowest BCUT2D eigenvalue weighted by molar-refractivity contribution is -0.117. The smallest absolute Gasteiger partial charge is 0.295 e. The Balaban J connectivity index is 1.59. The normalized spacial score (nSPS) is 13.8. The molecular formula is C20H18FN5O2. The molecule has 1 saturated heterocycles. The molecule has 0 radical (unpaired) electrons. The van der Waals surface area contributed by atoms with Gasteiger partial charge >= 0.3 is 0 Å². The predicted molar refractivity (Wildman–Crippen MR) is 102 cm³/mol. The Hall–Kier alpha value is -3.55. The Morgan fingerprint density at radius 3 is 2.61 bits per heavy atom. The first-order chi connectivity index (χ1) is 13.5. The number of carbonyl (C=O) groups excluding carboxylic acids is 2. The average Bonchev–Trinajstić information content (AvgIpc) is 3.29. The van der Waals surface area contributed by atoms with Crippen LogP contribution < -0.4 is 10.2 Å². The number of nitrogens with one attached hydrogen (secondary N) is 1. The van der Waals surface area contributed by atoms with Gasteiger partial charge < -0.3 is 10.2 Å². The third-order valence-corrected chi connectivity index (χ3v) is 4.56. The van der Waals surface area contributed by atoms with Crippen molar-refractivity contribution >= 4 is 23.2 Å². The molecule has 3 aromatic rings. The quantitative estimate of drug-likeness (QED) is 0.755. The molecular weight excluding hydrogens is 361 g/mol. The van der Waals surface area contributed by atoms with E-state index in [0.29, 0.717) is 35.9 Å². The first-order valence-corrected chi connectivity index (χ1v) is 8.93. The van der Waals surface area contributed by atoms with Crippen LogP contribution in [0.5, 0.6) is 0 Å². The summed E-state index contributed by atoms with van der Waals surface area (Å²) in [6, 6.07) is 12.9. The molecule has 1 aromatic heterocycles. The lowest BCUT2D eigenvalue weighted by atomic mass is 10.2. The second kappa shape index (κ2) is 7.22. The zero-order valence-electron chi connectivity index (χ0n) is 15.2. The van der Waals surface area contributed by atoms with Gasteiger partial charge in [-0.25, -0.2) is 14.1 Å². The van der Waals surface area contributed by atoms with Crippen LogP contribution in [0.4, 0.5) is 15.8 Å². The van der Waals surface area contributed by atoms with Crippen molar-refractivity contribution in [2.24, 2.45) is 0 Å². The number of anilines is 2. The van der Waals surface area contributed by atoms with E-state index in [1.54, 1.807) is 42.2 Å². The van der Waals surface area contributed by atoms with E-state index in [2.05, 4.69) is 15.4 Å². The number of hydrogen-bond acceptors (Lipinski definition) is 4. The van der Waals surface area contributed by atoms with Gasteiger partial charge in [0.1, 0.15) is 11.6 Å². The van der Waals surface area contributed by atoms with Crippen molar-refractivity contribution in [2.75, 3.05) is 16.8 Å². The summed E-state index contributed by atoms with van der Waals surface area (Å²) in [7, 11) is 0. The fourth-order valence-corrected chi connectivity index (χ4v) is 3.21. The standard InChI is InChI=1S/C20H18FN5O2/c1-13-22-19(24-26(13)15-10-8-14(21)9-11-15)20(28)23-16-5-2-3-6-17(16)25-12-4-7-18(25)27/h2-3,5-6,8-11H,4,7,12H2,1H3,(H,23,28). The molecule has 2 heterocycles. The van der Waals surface area contributed by atoms with Crippen LogP contribution in [0.25, 0.3) is 5.69 Å². The first kappa shape index (κ1) is 17.8. The SMILES string of the molecule is Cc1nc(C(=O)Nc2ccccc2N2CCCC2=O)nn1-c1ccc(F)cc1. The molecule has 7 nitrogen and oxygen atoms in total. The summed E-state index contributed by atoms with van der Waals surface area (Å²) in [6.45, 7) is 2.34. The van der Waals surface area contributed by atoms with Crippen molar-refractivity contribution in [3.05, 3.63) is 66.0 Å². The van der Waals surface area contributed by atoms with Crippen LogP contribution in [-0.4, -0.2) is 33.1 Å². The molecule has 0 bridgehead atoms. The topological polar surface area (TPSA) is 80.1 Å². The number of para-hydroxylation sites is 2. The molecule has 0 atom stereocenters. The number of halogens is 1. The van der Waals surface area contributed by atoms with Gasteiger partial charge in [-0.05, 0) is 49.7 Å². The summed E-state index contributed by atoms with van der Waals surface area (Å²) in [4.78, 5) is 30.7. The number of aryl methyl sites for hydroxylation is 1. The van der Waals surface area contributed by atoms with E-state index in [4.69, 9.17) is 0 Å². The summed E-state index contributed by atoms with van der Waals surface area (Å²) in [5.74, 6) is -0.309. The maximum absolute atomic E-state index is 13.1. The highest BCUT2D eigenvalue weighted by Crippen LogP contribution is 2.29. The maximum atomic E-state index is 13.1. The maximum Gasteiger partial charge on any atom is 0.295 e. The highest BCUT2D eigenvalue weighted by molar-refractivity contribution is 6.06. The van der Waals surface area contributed by atoms with Crippen molar-refractivity contribution in [1.29, 1.82) is 0 Å². The van der Waals surface area contributed by atoms with E-state index in [0.717, 1.165) is 6.42 Å². The molecule has 142 valence electrons. The van der Waals surface area contributed by atoms with Crippen molar-refractivity contribution in [2.45, 2.75) is 19.8 Å². The zero-order chi connectivity index (χ0) is 19.7. The number of nitrogens with zero attached hydrogens (tertiary/aromatic N) is 4. The number of aromatic nitrogens is 3. The molecule has 28 heavy (non-hydrogen) atoms. The summed E-state index contributed by atoms with van der Waals surface area (Å²) in [5.41, 5.74) is 1.79. The highest BCUT2D eigenvalue weighted by atomic mass is 19.1. The molecule has 1 aliphatic heterocycles. The van der Waals surface area contributed by atoms with Crippen molar-refractivity contribution in [1.82, 2.24) is 14.8 Å². The van der Waals surface area contributed by atoms with Crippen molar-refractivity contribution < 1.29 is 14.0 Å². The first-order valence-electron chi connectivity index (χ1n) is 8.93. The van der Waals surface area contributed by atoms with Gasteiger partial charge in [-0.1, -0.05) is 12.1 Å². The van der Waals surface area contributed by atoms with E-state index in [1.165, 1.54) is 16.8 Å². The molecule has 0 unspecified atom stereocenters. The average molecular weight is 379 g/mol. The Bertz CT molecular complexity index is 1050. The van der Waals surface area contributed by atoms with E-state index >= 15 is 0 Å². The number of rotatable bonds is 4. The molecule has 4 rings (SSSR count). The summed E-state index contributed by atoms with van der Waals surface area (Å²) >= 11 is 0. The van der Waals surface area contributed by atoms with Crippen LogP contribution in [0.3, 0.4) is 0 Å². The lowest BCUT2D eigenvalue weighted by Crippen LogP contribution is -2.25. The molecule has 0 saturated carbocycles. The van der Waals surface area contributed by atoms with Crippen LogP contribution >= 0.6 is 0 Å². The van der Waals surface area contributed by atoms with Crippen LogP contribution in [-0.2, 0) is 4.79 Å². The summed E-state index contributed by atoms with van der Waals surface area (Å²) in [6.07, 6.45) is 1.30. The van der Waals surface area contributed by atoms with Crippen LogP contribution in [0.2, 0.25) is 0 Å². The van der Waals surface area contributed by atoms with Crippen LogP contribution in [0, 0.1) is 12.7 Å². The molecule has 0 spiro atoms. The fourth-order valence-electron chi connectivity index (χ4n) is 3.21.